The standard InChI is InChI=1S/C20H24N4O2/c1-15-3-2-4-17(11-15)19-13-24(9-10-26-19)20(25)23-7-5-16(6-8-23)18-12-21-14-22-18/h2-4,9-10,12-16H,5-8,11H2,1H3,(H,21,22). The van der Waals surface area contributed by atoms with Gasteiger partial charge in [0.05, 0.1) is 12.5 Å². The van der Waals surface area contributed by atoms with Crippen LogP contribution in [0.2, 0.25) is 0 Å². The highest BCUT2D eigenvalue weighted by Crippen LogP contribution is 2.29. The van der Waals surface area contributed by atoms with Gasteiger partial charge in [0.1, 0.15) is 12.0 Å². The first kappa shape index (κ1) is 16.7. The van der Waals surface area contributed by atoms with E-state index in [4.69, 9.17) is 4.74 Å². The van der Waals surface area contributed by atoms with E-state index in [1.807, 2.05) is 11.1 Å². The minimum absolute atomic E-state index is 0.00473. The molecule has 1 aromatic heterocycles. The fraction of sp³-hybridized carbons (Fsp3) is 0.400. The van der Waals surface area contributed by atoms with Gasteiger partial charge >= 0.3 is 6.03 Å². The molecule has 1 saturated heterocycles. The Labute approximate surface area is 153 Å². The Morgan fingerprint density at radius 1 is 1.35 bits per heavy atom. The first-order chi connectivity index (χ1) is 12.7. The smallest absolute Gasteiger partial charge is 0.328 e. The largest absolute Gasteiger partial charge is 0.462 e. The van der Waals surface area contributed by atoms with Crippen molar-refractivity contribution < 1.29 is 9.53 Å². The Morgan fingerprint density at radius 3 is 2.92 bits per heavy atom. The van der Waals surface area contributed by atoms with E-state index in [2.05, 4.69) is 35.1 Å². The third-order valence-corrected chi connectivity index (χ3v) is 5.21. The van der Waals surface area contributed by atoms with Gasteiger partial charge in [-0.05, 0) is 30.8 Å². The number of H-pyrrole nitrogens is 1. The van der Waals surface area contributed by atoms with E-state index in [1.54, 1.807) is 29.9 Å². The van der Waals surface area contributed by atoms with Crippen LogP contribution in [0.5, 0.6) is 0 Å². The Bertz CT molecular complexity index is 768. The zero-order chi connectivity index (χ0) is 17.9. The fourth-order valence-electron chi connectivity index (χ4n) is 3.71. The summed E-state index contributed by atoms with van der Waals surface area (Å²) in [5.74, 6) is 1.69. The quantitative estimate of drug-likeness (QED) is 0.879. The summed E-state index contributed by atoms with van der Waals surface area (Å²) in [7, 11) is 0. The van der Waals surface area contributed by atoms with Crippen molar-refractivity contribution in [2.24, 2.45) is 5.92 Å². The number of ether oxygens (including phenoxy) is 1. The molecule has 0 saturated carbocycles. The van der Waals surface area contributed by atoms with E-state index in [1.165, 1.54) is 0 Å². The number of nitrogens with one attached hydrogen (secondary N) is 1. The SMILES string of the molecule is CC1C=CC=C(C2=CN(C(=O)N3CCC(c4cnc[nH]4)CC3)C=CO2)C1. The van der Waals surface area contributed by atoms with Crippen molar-refractivity contribution in [3.63, 3.8) is 0 Å². The third kappa shape index (κ3) is 3.45. The number of carbonyl (C=O) groups excluding carboxylic acids is 1. The second-order valence-corrected chi connectivity index (χ2v) is 7.11. The molecule has 1 N–H and O–H groups in total. The maximum atomic E-state index is 12.9. The highest BCUT2D eigenvalue weighted by molar-refractivity contribution is 5.77. The first-order valence-corrected chi connectivity index (χ1v) is 9.19. The van der Waals surface area contributed by atoms with Crippen LogP contribution in [0.15, 0.2) is 60.7 Å². The predicted octanol–water partition coefficient (Wildman–Crippen LogP) is 3.88. The van der Waals surface area contributed by atoms with Crippen LogP contribution in [-0.4, -0.2) is 38.9 Å². The number of likely N-dealkylation sites (tertiary alicyclic amines) is 1. The van der Waals surface area contributed by atoms with Gasteiger partial charge in [0.25, 0.3) is 0 Å². The molecule has 4 rings (SSSR count). The Morgan fingerprint density at radius 2 is 2.19 bits per heavy atom. The van der Waals surface area contributed by atoms with Crippen LogP contribution in [0, 0.1) is 5.92 Å². The molecule has 26 heavy (non-hydrogen) atoms. The van der Waals surface area contributed by atoms with Crippen molar-refractivity contribution in [2.45, 2.75) is 32.1 Å². The number of aromatic nitrogens is 2. The lowest BCUT2D eigenvalue weighted by Gasteiger charge is -2.34. The number of imidazole rings is 1. The van der Waals surface area contributed by atoms with Gasteiger partial charge in [-0.3, -0.25) is 4.90 Å². The van der Waals surface area contributed by atoms with Crippen molar-refractivity contribution >= 4 is 6.03 Å². The fourth-order valence-corrected chi connectivity index (χ4v) is 3.71. The third-order valence-electron chi connectivity index (χ3n) is 5.21. The Balaban J connectivity index is 1.40. The zero-order valence-corrected chi connectivity index (χ0v) is 15.0. The van der Waals surface area contributed by atoms with Gasteiger partial charge < -0.3 is 14.6 Å². The van der Waals surface area contributed by atoms with Crippen molar-refractivity contribution in [1.29, 1.82) is 0 Å². The predicted molar refractivity (Wildman–Crippen MR) is 98.7 cm³/mol. The van der Waals surface area contributed by atoms with Gasteiger partial charge in [0.2, 0.25) is 0 Å². The number of aromatic amines is 1. The van der Waals surface area contributed by atoms with Crippen LogP contribution in [0.25, 0.3) is 0 Å². The van der Waals surface area contributed by atoms with Crippen molar-refractivity contribution in [3.05, 3.63) is 66.4 Å². The van der Waals surface area contributed by atoms with Crippen molar-refractivity contribution in [3.8, 4) is 0 Å². The van der Waals surface area contributed by atoms with Crippen LogP contribution in [0.1, 0.15) is 37.8 Å². The highest BCUT2D eigenvalue weighted by atomic mass is 16.5. The summed E-state index contributed by atoms with van der Waals surface area (Å²) in [6.07, 6.45) is 17.8. The molecule has 6 heteroatoms. The van der Waals surface area contributed by atoms with E-state index in [0.29, 0.717) is 11.8 Å². The summed E-state index contributed by atoms with van der Waals surface area (Å²) in [5, 5.41) is 0. The lowest BCUT2D eigenvalue weighted by Crippen LogP contribution is -2.43. The Hall–Kier alpha value is -2.76. The van der Waals surface area contributed by atoms with Gasteiger partial charge in [-0.1, -0.05) is 25.2 Å². The number of rotatable bonds is 2. The number of amides is 2. The molecule has 2 amide bonds. The lowest BCUT2D eigenvalue weighted by molar-refractivity contribution is 0.160. The molecular weight excluding hydrogens is 328 g/mol. The molecule has 1 aliphatic carbocycles. The number of hydrogen-bond donors (Lipinski definition) is 1. The molecule has 0 bridgehead atoms. The van der Waals surface area contributed by atoms with Gasteiger partial charge in [-0.2, -0.15) is 0 Å². The van der Waals surface area contributed by atoms with Crippen LogP contribution >= 0.6 is 0 Å². The maximum Gasteiger partial charge on any atom is 0.328 e. The summed E-state index contributed by atoms with van der Waals surface area (Å²) in [6, 6.07) is 0.00473. The highest BCUT2D eigenvalue weighted by Gasteiger charge is 2.28. The van der Waals surface area contributed by atoms with Gasteiger partial charge in [0.15, 0.2) is 0 Å². The van der Waals surface area contributed by atoms with Crippen LogP contribution in [-0.2, 0) is 4.74 Å². The lowest BCUT2D eigenvalue weighted by atomic mass is 9.94. The van der Waals surface area contributed by atoms with E-state index < -0.39 is 0 Å². The summed E-state index contributed by atoms with van der Waals surface area (Å²) in [6.45, 7) is 3.67. The molecule has 1 aromatic rings. The molecule has 3 heterocycles. The summed E-state index contributed by atoms with van der Waals surface area (Å²) in [5.41, 5.74) is 2.29. The molecule has 2 aliphatic heterocycles. The molecule has 136 valence electrons. The molecular formula is C20H24N4O2. The average molecular weight is 352 g/mol. The topological polar surface area (TPSA) is 61.5 Å². The number of urea groups is 1. The van der Waals surface area contributed by atoms with E-state index in [-0.39, 0.29) is 6.03 Å². The van der Waals surface area contributed by atoms with E-state index in [0.717, 1.165) is 49.4 Å². The summed E-state index contributed by atoms with van der Waals surface area (Å²) in [4.78, 5) is 23.7. The molecule has 1 unspecified atom stereocenters. The number of hydrogen-bond acceptors (Lipinski definition) is 3. The zero-order valence-electron chi connectivity index (χ0n) is 15.0. The monoisotopic (exact) mass is 352 g/mol. The molecule has 0 spiro atoms. The number of piperidine rings is 1. The minimum Gasteiger partial charge on any atom is -0.462 e. The van der Waals surface area contributed by atoms with E-state index in [9.17, 15) is 4.79 Å². The average Bonchev–Trinajstić information content (AvgIpc) is 3.22. The molecule has 0 radical (unpaired) electrons. The van der Waals surface area contributed by atoms with Gasteiger partial charge in [-0.15, -0.1) is 0 Å². The normalized spacial score (nSPS) is 23.5. The van der Waals surface area contributed by atoms with Crippen LogP contribution in [0.4, 0.5) is 4.79 Å². The second-order valence-electron chi connectivity index (χ2n) is 7.11. The minimum atomic E-state index is 0.00473. The van der Waals surface area contributed by atoms with Gasteiger partial charge in [-0.25, -0.2) is 9.78 Å². The van der Waals surface area contributed by atoms with Gasteiger partial charge in [0, 0.05) is 37.1 Å². The maximum absolute atomic E-state index is 12.9. The molecule has 6 nitrogen and oxygen atoms in total. The van der Waals surface area contributed by atoms with E-state index >= 15 is 0 Å². The number of nitrogens with zero attached hydrogens (tertiary/aromatic N) is 3. The second kappa shape index (κ2) is 7.23. The molecule has 1 atom stereocenters. The molecule has 3 aliphatic rings. The first-order valence-electron chi connectivity index (χ1n) is 9.19. The van der Waals surface area contributed by atoms with Crippen molar-refractivity contribution in [1.82, 2.24) is 19.8 Å². The molecule has 0 aromatic carbocycles. The summed E-state index contributed by atoms with van der Waals surface area (Å²) < 4.78 is 5.65. The summed E-state index contributed by atoms with van der Waals surface area (Å²) >= 11 is 0. The van der Waals surface area contributed by atoms with Crippen molar-refractivity contribution in [2.75, 3.05) is 13.1 Å². The van der Waals surface area contributed by atoms with Crippen LogP contribution < -0.4 is 0 Å². The Kier molecular flexibility index (Phi) is 4.65. The molecule has 1 fully saturated rings. The van der Waals surface area contributed by atoms with Crippen LogP contribution in [0.3, 0.4) is 0 Å². The number of carbonyl (C=O) groups is 1. The number of allylic oxidation sites excluding steroid dienone is 4.